The number of rotatable bonds is 15. The molecule has 1 heterocycles. The zero-order valence-electron chi connectivity index (χ0n) is 27.1. The van der Waals surface area contributed by atoms with Crippen LogP contribution in [-0.4, -0.2) is 68.7 Å². The molecule has 0 fully saturated rings. The molecule has 0 aliphatic heterocycles. The Morgan fingerprint density at radius 3 is 2.04 bits per heavy atom. The van der Waals surface area contributed by atoms with E-state index in [4.69, 9.17) is 5.73 Å². The van der Waals surface area contributed by atoms with E-state index >= 15 is 0 Å². The van der Waals surface area contributed by atoms with Crippen molar-refractivity contribution in [1.29, 1.82) is 0 Å². The fourth-order valence-corrected chi connectivity index (χ4v) is 5.56. The first-order chi connectivity index (χ1) is 22.1. The highest BCUT2D eigenvalue weighted by Gasteiger charge is 2.26. The van der Waals surface area contributed by atoms with Crippen molar-refractivity contribution in [3.8, 4) is 11.1 Å². The third kappa shape index (κ3) is 10.2. The van der Waals surface area contributed by atoms with Gasteiger partial charge in [-0.2, -0.15) is 5.10 Å². The Labute approximate surface area is 281 Å². The third-order valence-electron chi connectivity index (χ3n) is 7.89. The van der Waals surface area contributed by atoms with Gasteiger partial charge >= 0.3 is 0 Å². The van der Waals surface area contributed by atoms with Crippen molar-refractivity contribution in [2.45, 2.75) is 65.1 Å². The monoisotopic (exact) mass is 667 g/mol. The molecule has 0 saturated carbocycles. The van der Waals surface area contributed by atoms with E-state index in [1.54, 1.807) is 35.5 Å². The number of hydrogen-bond acceptors (Lipinski definition) is 5. The lowest BCUT2D eigenvalue weighted by Gasteiger charge is -2.29. The van der Waals surface area contributed by atoms with E-state index in [2.05, 4.69) is 10.2 Å². The number of aliphatic hydroxyl groups is 1. The van der Waals surface area contributed by atoms with Crippen molar-refractivity contribution in [3.05, 3.63) is 113 Å². The van der Waals surface area contributed by atoms with Gasteiger partial charge in [0.05, 0.1) is 12.3 Å². The van der Waals surface area contributed by atoms with E-state index in [-0.39, 0.29) is 43.4 Å². The summed E-state index contributed by atoms with van der Waals surface area (Å²) >= 11 is 0. The van der Waals surface area contributed by atoms with Crippen LogP contribution in [0.15, 0.2) is 73.1 Å². The lowest BCUT2D eigenvalue weighted by Crippen LogP contribution is -2.46. The number of aromatic nitrogens is 2. The number of nitrogens with zero attached hydrogens (tertiary/aromatic N) is 3. The highest BCUT2D eigenvalue weighted by atomic mass is 35.5. The number of halogens is 3. The number of amides is 2. The average Bonchev–Trinajstić information content (AvgIpc) is 3.58. The number of carbonyl (C=O) groups is 2. The first-order valence-electron chi connectivity index (χ1n) is 15.8. The summed E-state index contributed by atoms with van der Waals surface area (Å²) in [6, 6.07) is 15.1. The molecule has 252 valence electrons. The Hall–Kier alpha value is -4.12. The van der Waals surface area contributed by atoms with Crippen LogP contribution in [0.4, 0.5) is 8.78 Å². The van der Waals surface area contributed by atoms with Crippen LogP contribution in [0, 0.1) is 11.6 Å². The molecule has 47 heavy (non-hydrogen) atoms. The molecule has 0 aliphatic carbocycles. The minimum absolute atomic E-state index is 0. The van der Waals surface area contributed by atoms with E-state index in [9.17, 15) is 23.5 Å². The van der Waals surface area contributed by atoms with E-state index < -0.39 is 29.7 Å². The minimum Gasteiger partial charge on any atom is -0.390 e. The van der Waals surface area contributed by atoms with Crippen molar-refractivity contribution in [3.63, 3.8) is 0 Å². The molecule has 4 rings (SSSR count). The third-order valence-corrected chi connectivity index (χ3v) is 7.89. The summed E-state index contributed by atoms with van der Waals surface area (Å²) in [7, 11) is 0. The molecule has 1 aromatic heterocycles. The molecule has 2 atom stereocenters. The Bertz CT molecular complexity index is 1590. The molecular weight excluding hydrogens is 624 g/mol. The Balaban J connectivity index is 0.00000600. The van der Waals surface area contributed by atoms with E-state index in [0.29, 0.717) is 35.3 Å². The number of aryl methyl sites for hydroxylation is 1. The second-order valence-electron chi connectivity index (χ2n) is 11.7. The SMILES string of the molecule is CCCN(CCC)C(=O)c1cc(C(=O)N(Cc2cccc(CC)c2)C[C@@H](O)[C@@H](N)Cc2cc(F)cc(F)c2)cc(-c2cn[nH]c2)c1.Cl. The molecule has 8 nitrogen and oxygen atoms in total. The summed E-state index contributed by atoms with van der Waals surface area (Å²) in [5.41, 5.74) is 10.6. The Morgan fingerprint density at radius 1 is 0.851 bits per heavy atom. The zero-order valence-corrected chi connectivity index (χ0v) is 27.9. The van der Waals surface area contributed by atoms with Crippen molar-refractivity contribution in [1.82, 2.24) is 20.0 Å². The summed E-state index contributed by atoms with van der Waals surface area (Å²) < 4.78 is 27.6. The van der Waals surface area contributed by atoms with Gasteiger partial charge in [-0.25, -0.2) is 8.78 Å². The number of hydrogen-bond donors (Lipinski definition) is 3. The van der Waals surface area contributed by atoms with Crippen molar-refractivity contribution in [2.75, 3.05) is 19.6 Å². The molecule has 2 amide bonds. The molecular formula is C36H44ClF2N5O3. The van der Waals surface area contributed by atoms with Gasteiger partial charge in [0.1, 0.15) is 11.6 Å². The smallest absolute Gasteiger partial charge is 0.254 e. The van der Waals surface area contributed by atoms with Crippen LogP contribution in [0.2, 0.25) is 0 Å². The quantitative estimate of drug-likeness (QED) is 0.140. The van der Waals surface area contributed by atoms with Crippen LogP contribution in [0.3, 0.4) is 0 Å². The Morgan fingerprint density at radius 2 is 1.47 bits per heavy atom. The summed E-state index contributed by atoms with van der Waals surface area (Å²) in [6.07, 6.45) is 4.51. The first kappa shape index (κ1) is 37.3. The molecule has 0 aliphatic rings. The van der Waals surface area contributed by atoms with Gasteiger partial charge in [0.2, 0.25) is 0 Å². The number of carbonyl (C=O) groups excluding carboxylic acids is 2. The topological polar surface area (TPSA) is 116 Å². The molecule has 0 saturated heterocycles. The highest BCUT2D eigenvalue weighted by Crippen LogP contribution is 2.25. The number of nitrogens with two attached hydrogens (primary N) is 1. The average molecular weight is 668 g/mol. The molecule has 4 N–H and O–H groups in total. The van der Waals surface area contributed by atoms with E-state index in [1.807, 2.05) is 45.0 Å². The van der Waals surface area contributed by atoms with Gasteiger partial charge in [-0.05, 0) is 78.3 Å². The summed E-state index contributed by atoms with van der Waals surface area (Å²) in [4.78, 5) is 31.4. The van der Waals surface area contributed by atoms with Crippen molar-refractivity contribution in [2.24, 2.45) is 5.73 Å². The van der Waals surface area contributed by atoms with Crippen molar-refractivity contribution < 1.29 is 23.5 Å². The molecule has 4 aromatic rings. The lowest BCUT2D eigenvalue weighted by molar-refractivity contribution is 0.0554. The minimum atomic E-state index is -1.22. The van der Waals surface area contributed by atoms with Gasteiger partial charge in [-0.1, -0.05) is 45.0 Å². The van der Waals surface area contributed by atoms with E-state index in [1.165, 1.54) is 17.0 Å². The number of aromatic amines is 1. The molecule has 3 aromatic carbocycles. The maximum atomic E-state index is 14.4. The van der Waals surface area contributed by atoms with Crippen LogP contribution in [0.25, 0.3) is 11.1 Å². The maximum absolute atomic E-state index is 14.4. The summed E-state index contributed by atoms with van der Waals surface area (Å²) in [6.45, 7) is 7.27. The van der Waals surface area contributed by atoms with Crippen molar-refractivity contribution >= 4 is 24.2 Å². The summed E-state index contributed by atoms with van der Waals surface area (Å²) in [5.74, 6) is -2.04. The standard InChI is InChI=1S/C36H43F2N5O3.ClH/c1-4-10-42(11-5-2)35(45)28-16-27(30-20-40-41-21-30)17-29(18-28)36(46)43(22-25-9-7-8-24(6-3)12-25)23-34(44)33(39)15-26-13-31(37)19-32(38)14-26;/h7-9,12-14,16-21,33-34,44H,4-6,10-11,15,22-23,39H2,1-3H3,(H,40,41);1H/t33-,34+;/m0./s1. The van der Waals surface area contributed by atoms with Gasteiger partial charge in [-0.3, -0.25) is 14.7 Å². The number of H-pyrrole nitrogens is 1. The highest BCUT2D eigenvalue weighted by molar-refractivity contribution is 6.01. The molecule has 0 radical (unpaired) electrons. The zero-order chi connectivity index (χ0) is 33.2. The number of benzene rings is 3. The van der Waals surface area contributed by atoms with Crippen LogP contribution >= 0.6 is 12.4 Å². The predicted octanol–water partition coefficient (Wildman–Crippen LogP) is 6.17. The van der Waals surface area contributed by atoms with Crippen LogP contribution in [-0.2, 0) is 19.4 Å². The normalized spacial score (nSPS) is 12.2. The molecule has 11 heteroatoms. The van der Waals surface area contributed by atoms with Crippen LogP contribution in [0.5, 0.6) is 0 Å². The van der Waals surface area contributed by atoms with Gasteiger partial charge in [-0.15, -0.1) is 12.4 Å². The van der Waals surface area contributed by atoms with Gasteiger partial charge in [0.25, 0.3) is 11.8 Å². The molecule has 0 unspecified atom stereocenters. The summed E-state index contributed by atoms with van der Waals surface area (Å²) in [5, 5.41) is 18.1. The first-order valence-corrected chi connectivity index (χ1v) is 15.8. The second kappa shape index (κ2) is 17.7. The Kier molecular flexibility index (Phi) is 14.1. The van der Waals surface area contributed by atoms with Crippen LogP contribution < -0.4 is 5.73 Å². The van der Waals surface area contributed by atoms with Gasteiger partial charge < -0.3 is 20.6 Å². The maximum Gasteiger partial charge on any atom is 0.254 e. The lowest BCUT2D eigenvalue weighted by atomic mass is 9.98. The number of nitrogens with one attached hydrogen (secondary N) is 1. The number of aliphatic hydroxyl groups excluding tert-OH is 1. The molecule has 0 spiro atoms. The van der Waals surface area contributed by atoms with Gasteiger partial charge in [0, 0.05) is 61.2 Å². The predicted molar refractivity (Wildman–Crippen MR) is 182 cm³/mol. The molecule has 0 bridgehead atoms. The van der Waals surface area contributed by atoms with Crippen LogP contribution in [0.1, 0.15) is 71.0 Å². The van der Waals surface area contributed by atoms with Gasteiger partial charge in [0.15, 0.2) is 0 Å². The fourth-order valence-electron chi connectivity index (χ4n) is 5.56. The second-order valence-corrected chi connectivity index (χ2v) is 11.7. The fraction of sp³-hybridized carbons (Fsp3) is 0.361. The largest absolute Gasteiger partial charge is 0.390 e. The van der Waals surface area contributed by atoms with E-state index in [0.717, 1.165) is 36.5 Å².